The van der Waals surface area contributed by atoms with Crippen LogP contribution < -0.4 is 14.8 Å². The second kappa shape index (κ2) is 8.90. The van der Waals surface area contributed by atoms with E-state index in [-0.39, 0.29) is 17.9 Å². The molecule has 0 spiro atoms. The van der Waals surface area contributed by atoms with Gasteiger partial charge < -0.3 is 24.6 Å². The van der Waals surface area contributed by atoms with E-state index in [1.54, 1.807) is 31.4 Å². The quantitative estimate of drug-likeness (QED) is 0.761. The molecular weight excluding hydrogens is 346 g/mol. The van der Waals surface area contributed by atoms with Gasteiger partial charge in [0.2, 0.25) is 5.91 Å². The summed E-state index contributed by atoms with van der Waals surface area (Å²) in [6, 6.07) is 5.30. The fraction of sp³-hybridized carbons (Fsp3) is 0.500. The van der Waals surface area contributed by atoms with Gasteiger partial charge >= 0.3 is 0 Å². The maximum atomic E-state index is 13.0. The number of nitrogens with one attached hydrogen (secondary N) is 1. The summed E-state index contributed by atoms with van der Waals surface area (Å²) in [6.07, 6.45) is 3.49. The average molecular weight is 373 g/mol. The molecule has 1 N–H and O–H groups in total. The second-order valence-electron chi connectivity index (χ2n) is 6.78. The number of carbonyl (C=O) groups excluding carboxylic acids is 2. The van der Waals surface area contributed by atoms with Gasteiger partial charge in [-0.2, -0.15) is 0 Å². The molecule has 2 fully saturated rings. The van der Waals surface area contributed by atoms with Crippen LogP contribution in [-0.2, 0) is 4.79 Å². The van der Waals surface area contributed by atoms with Gasteiger partial charge in [-0.3, -0.25) is 9.59 Å². The van der Waals surface area contributed by atoms with E-state index in [2.05, 4.69) is 11.9 Å². The van der Waals surface area contributed by atoms with E-state index in [0.29, 0.717) is 49.8 Å². The molecule has 1 aromatic rings. The Kier molecular flexibility index (Phi) is 6.34. The zero-order chi connectivity index (χ0) is 19.2. The first-order valence-corrected chi connectivity index (χ1v) is 9.35. The van der Waals surface area contributed by atoms with Gasteiger partial charge in [0.15, 0.2) is 11.5 Å². The molecule has 27 heavy (non-hydrogen) atoms. The summed E-state index contributed by atoms with van der Waals surface area (Å²) in [4.78, 5) is 28.9. The number of piperidine rings is 1. The monoisotopic (exact) mass is 373 g/mol. The Morgan fingerprint density at radius 3 is 2.96 bits per heavy atom. The number of hydrogen-bond donors (Lipinski definition) is 1. The maximum Gasteiger partial charge on any atom is 0.254 e. The number of likely N-dealkylation sites (tertiary alicyclic amines) is 1. The van der Waals surface area contributed by atoms with Crippen molar-refractivity contribution in [2.24, 2.45) is 0 Å². The van der Waals surface area contributed by atoms with Crippen LogP contribution in [0.2, 0.25) is 0 Å². The highest BCUT2D eigenvalue weighted by molar-refractivity contribution is 5.95. The molecule has 0 aliphatic carbocycles. The number of nitrogens with zero attached hydrogens (tertiary/aromatic N) is 2. The topological polar surface area (TPSA) is 71.1 Å². The molecule has 0 radical (unpaired) electrons. The zero-order valence-corrected chi connectivity index (χ0v) is 15.8. The fourth-order valence-corrected chi connectivity index (χ4v) is 3.65. The highest BCUT2D eigenvalue weighted by atomic mass is 16.5. The number of benzene rings is 1. The Balaban J connectivity index is 1.71. The lowest BCUT2D eigenvalue weighted by Gasteiger charge is -2.41. The van der Waals surface area contributed by atoms with Crippen LogP contribution in [0.25, 0.3) is 0 Å². The molecule has 1 unspecified atom stereocenters. The third kappa shape index (κ3) is 4.42. The van der Waals surface area contributed by atoms with Crippen LogP contribution >= 0.6 is 0 Å². The van der Waals surface area contributed by atoms with Crippen molar-refractivity contribution in [3.05, 3.63) is 36.4 Å². The molecule has 2 aliphatic heterocycles. The van der Waals surface area contributed by atoms with Crippen LogP contribution in [0.1, 0.15) is 23.2 Å². The molecule has 0 saturated carbocycles. The summed E-state index contributed by atoms with van der Waals surface area (Å²) in [5, 5.41) is 3.09. The number of methoxy groups -OCH3 is 1. The molecule has 2 amide bonds. The van der Waals surface area contributed by atoms with E-state index in [9.17, 15) is 9.59 Å². The van der Waals surface area contributed by atoms with Gasteiger partial charge in [0.25, 0.3) is 5.91 Å². The lowest BCUT2D eigenvalue weighted by molar-refractivity contribution is -0.135. The van der Waals surface area contributed by atoms with Gasteiger partial charge in [0.05, 0.1) is 13.7 Å². The maximum absolute atomic E-state index is 13.0. The predicted molar refractivity (Wildman–Crippen MR) is 102 cm³/mol. The van der Waals surface area contributed by atoms with Crippen LogP contribution in [0.3, 0.4) is 0 Å². The van der Waals surface area contributed by atoms with Crippen LogP contribution in [0.5, 0.6) is 11.5 Å². The zero-order valence-electron chi connectivity index (χ0n) is 15.8. The summed E-state index contributed by atoms with van der Waals surface area (Å²) in [6.45, 7) is 7.16. The smallest absolute Gasteiger partial charge is 0.254 e. The van der Waals surface area contributed by atoms with Gasteiger partial charge in [0.1, 0.15) is 6.61 Å². The Hall–Kier alpha value is -2.54. The summed E-state index contributed by atoms with van der Waals surface area (Å²) in [5.41, 5.74) is 0.560. The Morgan fingerprint density at radius 2 is 2.22 bits per heavy atom. The molecule has 1 atom stereocenters. The Morgan fingerprint density at radius 1 is 1.37 bits per heavy atom. The molecule has 0 aromatic heterocycles. The van der Waals surface area contributed by atoms with Crippen LogP contribution in [0.4, 0.5) is 0 Å². The molecule has 2 saturated heterocycles. The number of hydrogen-bond acceptors (Lipinski definition) is 5. The van der Waals surface area contributed by atoms with Gasteiger partial charge in [-0.05, 0) is 31.0 Å². The number of ether oxygens (including phenoxy) is 2. The van der Waals surface area contributed by atoms with E-state index < -0.39 is 0 Å². The van der Waals surface area contributed by atoms with Crippen LogP contribution in [-0.4, -0.2) is 74.1 Å². The van der Waals surface area contributed by atoms with E-state index >= 15 is 0 Å². The molecule has 3 rings (SSSR count). The lowest BCUT2D eigenvalue weighted by atomic mass is 10.0. The first-order valence-electron chi connectivity index (χ1n) is 9.35. The number of rotatable bonds is 6. The summed E-state index contributed by atoms with van der Waals surface area (Å²) in [7, 11) is 1.55. The van der Waals surface area contributed by atoms with Crippen molar-refractivity contribution >= 4 is 11.8 Å². The van der Waals surface area contributed by atoms with E-state index in [4.69, 9.17) is 9.47 Å². The molecular formula is C20H27N3O4. The largest absolute Gasteiger partial charge is 0.493 e. The molecule has 7 heteroatoms. The summed E-state index contributed by atoms with van der Waals surface area (Å²) in [5.74, 6) is 1.17. The minimum atomic E-state index is -0.0455. The SMILES string of the molecule is C=CCOc1ccc(C(=O)N2CCCC(N3CCNCC3=O)C2)cc1OC. The number of piperazine rings is 1. The van der Waals surface area contributed by atoms with E-state index in [0.717, 1.165) is 19.4 Å². The molecule has 0 bridgehead atoms. The Bertz CT molecular complexity index is 706. The summed E-state index contributed by atoms with van der Waals surface area (Å²) >= 11 is 0. The van der Waals surface area contributed by atoms with Crippen molar-refractivity contribution < 1.29 is 19.1 Å². The predicted octanol–water partition coefficient (Wildman–Crippen LogP) is 1.30. The van der Waals surface area contributed by atoms with Crippen molar-refractivity contribution in [1.29, 1.82) is 0 Å². The van der Waals surface area contributed by atoms with Crippen LogP contribution in [0, 0.1) is 0 Å². The average Bonchev–Trinajstić information content (AvgIpc) is 2.72. The fourth-order valence-electron chi connectivity index (χ4n) is 3.65. The van der Waals surface area contributed by atoms with Gasteiger partial charge in [0, 0.05) is 37.8 Å². The molecule has 2 aliphatic rings. The van der Waals surface area contributed by atoms with Gasteiger partial charge in [-0.1, -0.05) is 12.7 Å². The van der Waals surface area contributed by atoms with E-state index in [1.165, 1.54) is 0 Å². The van der Waals surface area contributed by atoms with Gasteiger partial charge in [-0.15, -0.1) is 0 Å². The molecule has 1 aromatic carbocycles. The number of amides is 2. The van der Waals surface area contributed by atoms with E-state index in [1.807, 2.05) is 9.80 Å². The van der Waals surface area contributed by atoms with Crippen LogP contribution in [0.15, 0.2) is 30.9 Å². The van der Waals surface area contributed by atoms with Gasteiger partial charge in [-0.25, -0.2) is 0 Å². The highest BCUT2D eigenvalue weighted by Gasteiger charge is 2.32. The normalized spacial score (nSPS) is 20.3. The first-order chi connectivity index (χ1) is 13.1. The van der Waals surface area contributed by atoms with Crippen molar-refractivity contribution in [3.8, 4) is 11.5 Å². The highest BCUT2D eigenvalue weighted by Crippen LogP contribution is 2.29. The minimum Gasteiger partial charge on any atom is -0.493 e. The number of carbonyl (C=O) groups is 2. The Labute approximate surface area is 159 Å². The van der Waals surface area contributed by atoms with Crippen molar-refractivity contribution in [1.82, 2.24) is 15.1 Å². The molecule has 146 valence electrons. The molecule has 2 heterocycles. The first kappa shape index (κ1) is 19.2. The standard InChI is InChI=1S/C20H27N3O4/c1-3-11-27-17-7-6-15(12-18(17)26-2)20(25)22-9-4-5-16(14-22)23-10-8-21-13-19(23)24/h3,6-7,12,16,21H,1,4-5,8-11,13-14H2,2H3. The second-order valence-corrected chi connectivity index (χ2v) is 6.78. The lowest BCUT2D eigenvalue weighted by Crippen LogP contribution is -2.57. The molecule has 7 nitrogen and oxygen atoms in total. The minimum absolute atomic E-state index is 0.0455. The summed E-state index contributed by atoms with van der Waals surface area (Å²) < 4.78 is 10.9. The van der Waals surface area contributed by atoms with Crippen molar-refractivity contribution in [3.63, 3.8) is 0 Å². The third-order valence-electron chi connectivity index (χ3n) is 5.02. The van der Waals surface area contributed by atoms with Crippen molar-refractivity contribution in [2.75, 3.05) is 46.4 Å². The van der Waals surface area contributed by atoms with Crippen molar-refractivity contribution in [2.45, 2.75) is 18.9 Å². The third-order valence-corrected chi connectivity index (χ3v) is 5.02.